The van der Waals surface area contributed by atoms with E-state index in [0.29, 0.717) is 10.8 Å². The van der Waals surface area contributed by atoms with Gasteiger partial charge in [-0.1, -0.05) is 25.3 Å². The summed E-state index contributed by atoms with van der Waals surface area (Å²) in [6.45, 7) is 7.53. The Morgan fingerprint density at radius 2 is 2.44 bits per heavy atom. The average molecular weight is 293 g/mol. The van der Waals surface area contributed by atoms with Crippen molar-refractivity contribution in [2.75, 3.05) is 16.6 Å². The number of hydrogen-bond acceptors (Lipinski definition) is 5. The topological polar surface area (TPSA) is 17.1 Å². The molecule has 0 spiro atoms. The Morgan fingerprint density at radius 3 is 3.00 bits per heavy atom. The SMILES string of the molecule is C=C(C)C(=O)SC(C)CSCC1=CSCS1. The number of hydrogen-bond donors (Lipinski definition) is 0. The summed E-state index contributed by atoms with van der Waals surface area (Å²) in [7, 11) is 0. The average Bonchev–Trinajstić information content (AvgIpc) is 2.70. The third kappa shape index (κ3) is 5.75. The van der Waals surface area contributed by atoms with Crippen molar-refractivity contribution in [1.82, 2.24) is 0 Å². The summed E-state index contributed by atoms with van der Waals surface area (Å²) in [4.78, 5) is 12.9. The molecule has 5 heteroatoms. The molecule has 0 saturated heterocycles. The van der Waals surface area contributed by atoms with Gasteiger partial charge in [0.1, 0.15) is 0 Å². The Balaban J connectivity index is 2.12. The third-order valence-corrected chi connectivity index (χ3v) is 6.81. The van der Waals surface area contributed by atoms with Crippen LogP contribution in [-0.4, -0.2) is 27.0 Å². The van der Waals surface area contributed by atoms with E-state index in [-0.39, 0.29) is 5.12 Å². The largest absolute Gasteiger partial charge is 0.282 e. The zero-order chi connectivity index (χ0) is 12.0. The molecule has 0 saturated carbocycles. The van der Waals surface area contributed by atoms with E-state index >= 15 is 0 Å². The molecule has 1 nitrogen and oxygen atoms in total. The van der Waals surface area contributed by atoms with Crippen molar-refractivity contribution < 1.29 is 4.79 Å². The normalized spacial score (nSPS) is 17.0. The molecular formula is C11H16OS4. The van der Waals surface area contributed by atoms with Gasteiger partial charge in [-0.25, -0.2) is 0 Å². The molecule has 0 bridgehead atoms. The second-order valence-corrected chi connectivity index (χ2v) is 8.29. The lowest BCUT2D eigenvalue weighted by Crippen LogP contribution is -2.06. The van der Waals surface area contributed by atoms with Crippen LogP contribution in [-0.2, 0) is 4.79 Å². The minimum Gasteiger partial charge on any atom is -0.282 e. The van der Waals surface area contributed by atoms with Gasteiger partial charge in [0.05, 0.1) is 0 Å². The lowest BCUT2D eigenvalue weighted by atomic mass is 10.4. The van der Waals surface area contributed by atoms with E-state index in [9.17, 15) is 4.79 Å². The molecule has 1 atom stereocenters. The molecule has 0 aromatic heterocycles. The highest BCUT2D eigenvalue weighted by atomic mass is 32.2. The molecule has 0 amide bonds. The molecule has 0 aliphatic carbocycles. The first-order valence-corrected chi connectivity index (χ1v) is 9.04. The van der Waals surface area contributed by atoms with Crippen LogP contribution in [0.3, 0.4) is 0 Å². The number of carbonyl (C=O) groups excluding carboxylic acids is 1. The van der Waals surface area contributed by atoms with E-state index in [2.05, 4.69) is 18.9 Å². The Kier molecular flexibility index (Phi) is 7.12. The van der Waals surface area contributed by atoms with Gasteiger partial charge in [0.25, 0.3) is 0 Å². The van der Waals surface area contributed by atoms with Crippen molar-refractivity contribution in [3.63, 3.8) is 0 Å². The molecule has 1 rings (SSSR count). The van der Waals surface area contributed by atoms with Gasteiger partial charge < -0.3 is 0 Å². The summed E-state index contributed by atoms with van der Waals surface area (Å²) < 4.78 is 0. The molecule has 90 valence electrons. The smallest absolute Gasteiger partial charge is 0.214 e. The van der Waals surface area contributed by atoms with Crippen LogP contribution in [0.4, 0.5) is 0 Å². The highest BCUT2D eigenvalue weighted by molar-refractivity contribution is 8.22. The first-order chi connectivity index (χ1) is 7.59. The minimum absolute atomic E-state index is 0.123. The Hall–Kier alpha value is 0.550. The van der Waals surface area contributed by atoms with Crippen LogP contribution in [0.25, 0.3) is 0 Å². The lowest BCUT2D eigenvalue weighted by Gasteiger charge is -2.09. The fraction of sp³-hybridized carbons (Fsp3) is 0.545. The molecule has 0 radical (unpaired) electrons. The molecule has 0 fully saturated rings. The van der Waals surface area contributed by atoms with Crippen LogP contribution in [0.5, 0.6) is 0 Å². The molecule has 1 heterocycles. The number of rotatable bonds is 6. The highest BCUT2D eigenvalue weighted by Gasteiger charge is 2.11. The van der Waals surface area contributed by atoms with Crippen molar-refractivity contribution in [1.29, 1.82) is 0 Å². The van der Waals surface area contributed by atoms with E-state index in [1.165, 1.54) is 16.7 Å². The highest BCUT2D eigenvalue weighted by Crippen LogP contribution is 2.34. The monoisotopic (exact) mass is 292 g/mol. The van der Waals surface area contributed by atoms with Gasteiger partial charge in [0.15, 0.2) is 0 Å². The maximum absolute atomic E-state index is 11.4. The van der Waals surface area contributed by atoms with Crippen LogP contribution in [0, 0.1) is 0 Å². The third-order valence-electron chi connectivity index (χ3n) is 1.78. The summed E-state index contributed by atoms with van der Waals surface area (Å²) in [5, 5.41) is 3.90. The lowest BCUT2D eigenvalue weighted by molar-refractivity contribution is -0.107. The molecule has 0 aromatic rings. The second kappa shape index (κ2) is 7.80. The maximum atomic E-state index is 11.4. The molecule has 16 heavy (non-hydrogen) atoms. The predicted molar refractivity (Wildman–Crippen MR) is 82.3 cm³/mol. The predicted octanol–water partition coefficient (Wildman–Crippen LogP) is 4.22. The van der Waals surface area contributed by atoms with Crippen LogP contribution in [0.2, 0.25) is 0 Å². The Labute approximate surface area is 115 Å². The van der Waals surface area contributed by atoms with Gasteiger partial charge in [0, 0.05) is 26.7 Å². The summed E-state index contributed by atoms with van der Waals surface area (Å²) in [6, 6.07) is 0. The Bertz CT molecular complexity index is 298. The fourth-order valence-electron chi connectivity index (χ4n) is 0.989. The second-order valence-electron chi connectivity index (χ2n) is 3.52. The van der Waals surface area contributed by atoms with Crippen LogP contribution >= 0.6 is 47.0 Å². The molecule has 0 aromatic carbocycles. The zero-order valence-electron chi connectivity index (χ0n) is 9.52. The number of carbonyl (C=O) groups is 1. The maximum Gasteiger partial charge on any atom is 0.214 e. The van der Waals surface area contributed by atoms with E-state index in [4.69, 9.17) is 0 Å². The van der Waals surface area contributed by atoms with E-state index in [1.54, 1.807) is 6.92 Å². The van der Waals surface area contributed by atoms with Gasteiger partial charge in [-0.15, -0.1) is 23.5 Å². The summed E-state index contributed by atoms with van der Waals surface area (Å²) >= 11 is 7.11. The standard InChI is InChI=1S/C11H16OS4/c1-8(2)11(12)16-9(3)4-13-5-10-6-14-7-15-10/h6,9H,1,4-5,7H2,2-3H3. The van der Waals surface area contributed by atoms with Crippen LogP contribution < -0.4 is 0 Å². The molecule has 1 aliphatic heterocycles. The quantitative estimate of drug-likeness (QED) is 0.680. The molecule has 1 aliphatic rings. The van der Waals surface area contributed by atoms with Crippen molar-refractivity contribution in [2.45, 2.75) is 19.1 Å². The first-order valence-electron chi connectivity index (χ1n) is 4.97. The molecule has 1 unspecified atom stereocenters. The van der Waals surface area contributed by atoms with Gasteiger partial charge in [-0.05, 0) is 17.9 Å². The van der Waals surface area contributed by atoms with Crippen molar-refractivity contribution in [3.8, 4) is 0 Å². The number of thioether (sulfide) groups is 4. The van der Waals surface area contributed by atoms with E-state index < -0.39 is 0 Å². The molecule has 0 N–H and O–H groups in total. The van der Waals surface area contributed by atoms with E-state index in [1.807, 2.05) is 35.3 Å². The fourth-order valence-corrected chi connectivity index (χ4v) is 5.44. The van der Waals surface area contributed by atoms with Gasteiger partial charge in [-0.3, -0.25) is 4.79 Å². The first kappa shape index (κ1) is 14.6. The zero-order valence-corrected chi connectivity index (χ0v) is 12.8. The van der Waals surface area contributed by atoms with Gasteiger partial charge in [0.2, 0.25) is 5.12 Å². The minimum atomic E-state index is 0.123. The van der Waals surface area contributed by atoms with Crippen LogP contribution in [0.15, 0.2) is 22.5 Å². The summed E-state index contributed by atoms with van der Waals surface area (Å²) in [5.74, 6) is 2.11. The van der Waals surface area contributed by atoms with Gasteiger partial charge in [-0.2, -0.15) is 11.8 Å². The van der Waals surface area contributed by atoms with Gasteiger partial charge >= 0.3 is 0 Å². The molecular weight excluding hydrogens is 276 g/mol. The summed E-state index contributed by atoms with van der Waals surface area (Å²) in [6.07, 6.45) is 0. The Morgan fingerprint density at radius 1 is 1.69 bits per heavy atom. The van der Waals surface area contributed by atoms with Crippen molar-refractivity contribution in [3.05, 3.63) is 22.5 Å². The van der Waals surface area contributed by atoms with Crippen molar-refractivity contribution >= 4 is 52.2 Å². The van der Waals surface area contributed by atoms with Crippen LogP contribution in [0.1, 0.15) is 13.8 Å². The van der Waals surface area contributed by atoms with E-state index in [0.717, 1.165) is 16.6 Å². The van der Waals surface area contributed by atoms with Crippen molar-refractivity contribution in [2.24, 2.45) is 0 Å². The summed E-state index contributed by atoms with van der Waals surface area (Å²) in [5.41, 5.74) is 0.646.